The SMILES string of the molecule is CCOC(=O)C(F)[C@H](N)c1sccc1C. The van der Waals surface area contributed by atoms with E-state index in [0.717, 1.165) is 5.56 Å². The quantitative estimate of drug-likeness (QED) is 0.806. The smallest absolute Gasteiger partial charge is 0.342 e. The number of carbonyl (C=O) groups is 1. The Morgan fingerprint density at radius 1 is 1.73 bits per heavy atom. The summed E-state index contributed by atoms with van der Waals surface area (Å²) in [6.45, 7) is 3.63. The van der Waals surface area contributed by atoms with Gasteiger partial charge in [-0.05, 0) is 30.9 Å². The second-order valence-electron chi connectivity index (χ2n) is 3.15. The van der Waals surface area contributed by atoms with Crippen LogP contribution in [0.3, 0.4) is 0 Å². The minimum atomic E-state index is -1.79. The summed E-state index contributed by atoms with van der Waals surface area (Å²) in [4.78, 5) is 11.8. The van der Waals surface area contributed by atoms with Crippen molar-refractivity contribution in [1.29, 1.82) is 0 Å². The number of halogens is 1. The van der Waals surface area contributed by atoms with Crippen molar-refractivity contribution in [2.45, 2.75) is 26.1 Å². The molecule has 0 amide bonds. The lowest BCUT2D eigenvalue weighted by Gasteiger charge is -2.14. The maximum absolute atomic E-state index is 13.5. The van der Waals surface area contributed by atoms with Gasteiger partial charge in [0, 0.05) is 4.88 Å². The number of hydrogen-bond donors (Lipinski definition) is 1. The first-order valence-electron chi connectivity index (χ1n) is 4.68. The van der Waals surface area contributed by atoms with E-state index in [1.54, 1.807) is 6.92 Å². The Morgan fingerprint density at radius 3 is 2.87 bits per heavy atom. The second-order valence-corrected chi connectivity index (χ2v) is 4.10. The van der Waals surface area contributed by atoms with Gasteiger partial charge >= 0.3 is 5.97 Å². The number of carbonyl (C=O) groups excluding carboxylic acids is 1. The van der Waals surface area contributed by atoms with E-state index in [2.05, 4.69) is 4.74 Å². The molecule has 2 N–H and O–H groups in total. The Kier molecular flexibility index (Phi) is 4.23. The largest absolute Gasteiger partial charge is 0.464 e. The van der Waals surface area contributed by atoms with E-state index in [1.807, 2.05) is 18.4 Å². The number of rotatable bonds is 4. The van der Waals surface area contributed by atoms with Crippen molar-refractivity contribution >= 4 is 17.3 Å². The standard InChI is InChI=1S/C10H14FNO2S/c1-3-14-10(13)7(11)8(12)9-6(2)4-5-15-9/h4-5,7-8H,3,12H2,1-2H3/t7?,8-/m0/s1. The van der Waals surface area contributed by atoms with Gasteiger partial charge < -0.3 is 10.5 Å². The van der Waals surface area contributed by atoms with Crippen molar-refractivity contribution < 1.29 is 13.9 Å². The minimum Gasteiger partial charge on any atom is -0.464 e. The highest BCUT2D eigenvalue weighted by atomic mass is 32.1. The fraction of sp³-hybridized carbons (Fsp3) is 0.500. The fourth-order valence-electron chi connectivity index (χ4n) is 1.23. The molecule has 0 spiro atoms. The fourth-order valence-corrected chi connectivity index (χ4v) is 2.18. The van der Waals surface area contributed by atoms with Crippen LogP contribution >= 0.6 is 11.3 Å². The highest BCUT2D eigenvalue weighted by Crippen LogP contribution is 2.26. The summed E-state index contributed by atoms with van der Waals surface area (Å²) in [5.74, 6) is -0.891. The number of ether oxygens (including phenoxy) is 1. The molecule has 0 fully saturated rings. The van der Waals surface area contributed by atoms with E-state index in [1.165, 1.54) is 11.3 Å². The average molecular weight is 231 g/mol. The maximum Gasteiger partial charge on any atom is 0.342 e. The molecule has 0 aromatic carbocycles. The highest BCUT2D eigenvalue weighted by molar-refractivity contribution is 7.10. The van der Waals surface area contributed by atoms with E-state index in [4.69, 9.17) is 5.73 Å². The van der Waals surface area contributed by atoms with E-state index >= 15 is 0 Å². The third-order valence-electron chi connectivity index (χ3n) is 2.03. The van der Waals surface area contributed by atoms with Gasteiger partial charge in [-0.1, -0.05) is 0 Å². The number of alkyl halides is 1. The normalized spacial score (nSPS) is 14.7. The number of nitrogens with two attached hydrogens (primary N) is 1. The third kappa shape index (κ3) is 2.76. The average Bonchev–Trinajstić information content (AvgIpc) is 2.62. The third-order valence-corrected chi connectivity index (χ3v) is 3.15. The Hall–Kier alpha value is -0.940. The maximum atomic E-state index is 13.5. The highest BCUT2D eigenvalue weighted by Gasteiger charge is 2.29. The molecule has 1 heterocycles. The van der Waals surface area contributed by atoms with Crippen molar-refractivity contribution in [3.8, 4) is 0 Å². The minimum absolute atomic E-state index is 0.162. The van der Waals surface area contributed by atoms with Gasteiger partial charge in [0.1, 0.15) is 0 Å². The van der Waals surface area contributed by atoms with Crippen molar-refractivity contribution in [1.82, 2.24) is 0 Å². The molecule has 1 aromatic heterocycles. The molecular weight excluding hydrogens is 217 g/mol. The molecule has 15 heavy (non-hydrogen) atoms. The van der Waals surface area contributed by atoms with E-state index in [9.17, 15) is 9.18 Å². The van der Waals surface area contributed by atoms with E-state index in [0.29, 0.717) is 4.88 Å². The molecule has 1 unspecified atom stereocenters. The molecule has 0 bridgehead atoms. The van der Waals surface area contributed by atoms with Gasteiger partial charge in [0.15, 0.2) is 0 Å². The molecule has 1 aromatic rings. The lowest BCUT2D eigenvalue weighted by Crippen LogP contribution is -2.31. The van der Waals surface area contributed by atoms with Crippen LogP contribution in [0.15, 0.2) is 11.4 Å². The van der Waals surface area contributed by atoms with E-state index < -0.39 is 18.2 Å². The molecule has 2 atom stereocenters. The summed E-state index contributed by atoms with van der Waals surface area (Å²) in [5, 5.41) is 1.82. The van der Waals surface area contributed by atoms with Crippen LogP contribution in [-0.4, -0.2) is 18.7 Å². The zero-order chi connectivity index (χ0) is 11.4. The molecule has 0 aliphatic heterocycles. The molecule has 0 aliphatic carbocycles. The monoisotopic (exact) mass is 231 g/mol. The summed E-state index contributed by atoms with van der Waals surface area (Å²) < 4.78 is 18.1. The van der Waals surface area contributed by atoms with Crippen LogP contribution in [0.5, 0.6) is 0 Å². The zero-order valence-corrected chi connectivity index (χ0v) is 9.51. The van der Waals surface area contributed by atoms with Gasteiger partial charge in [0.25, 0.3) is 0 Å². The molecule has 0 saturated carbocycles. The first kappa shape index (κ1) is 12.1. The molecule has 84 valence electrons. The Balaban J connectivity index is 2.72. The van der Waals surface area contributed by atoms with Gasteiger partial charge in [-0.2, -0.15) is 0 Å². The topological polar surface area (TPSA) is 52.3 Å². The summed E-state index contributed by atoms with van der Waals surface area (Å²) in [7, 11) is 0. The van der Waals surface area contributed by atoms with Crippen LogP contribution in [0.2, 0.25) is 0 Å². The van der Waals surface area contributed by atoms with Crippen LogP contribution in [0.4, 0.5) is 4.39 Å². The Bertz CT molecular complexity index is 340. The molecular formula is C10H14FNO2S. The zero-order valence-electron chi connectivity index (χ0n) is 8.70. The second kappa shape index (κ2) is 5.23. The van der Waals surface area contributed by atoms with Crippen molar-refractivity contribution in [2.75, 3.05) is 6.61 Å². The number of aryl methyl sites for hydroxylation is 1. The van der Waals surface area contributed by atoms with Crippen LogP contribution in [0.25, 0.3) is 0 Å². The van der Waals surface area contributed by atoms with Crippen molar-refractivity contribution in [3.63, 3.8) is 0 Å². The van der Waals surface area contributed by atoms with Crippen molar-refractivity contribution in [2.24, 2.45) is 5.73 Å². The Morgan fingerprint density at radius 2 is 2.40 bits per heavy atom. The van der Waals surface area contributed by atoms with Gasteiger partial charge in [0.2, 0.25) is 6.17 Å². The lowest BCUT2D eigenvalue weighted by molar-refractivity contribution is -0.149. The van der Waals surface area contributed by atoms with Crippen LogP contribution in [0, 0.1) is 6.92 Å². The van der Waals surface area contributed by atoms with Crippen LogP contribution in [-0.2, 0) is 9.53 Å². The lowest BCUT2D eigenvalue weighted by atomic mass is 10.1. The molecule has 5 heteroatoms. The number of thiophene rings is 1. The molecule has 3 nitrogen and oxygen atoms in total. The van der Waals surface area contributed by atoms with Gasteiger partial charge in [-0.15, -0.1) is 11.3 Å². The predicted octanol–water partition coefficient (Wildman–Crippen LogP) is 1.96. The molecule has 1 rings (SSSR count). The van der Waals surface area contributed by atoms with Gasteiger partial charge in [-0.3, -0.25) is 0 Å². The Labute approximate surface area is 92.0 Å². The van der Waals surface area contributed by atoms with E-state index in [-0.39, 0.29) is 6.61 Å². The van der Waals surface area contributed by atoms with Gasteiger partial charge in [-0.25, -0.2) is 9.18 Å². The van der Waals surface area contributed by atoms with Crippen molar-refractivity contribution in [3.05, 3.63) is 21.9 Å². The molecule has 0 saturated heterocycles. The molecule has 0 radical (unpaired) electrons. The first-order valence-corrected chi connectivity index (χ1v) is 5.56. The predicted molar refractivity (Wildman–Crippen MR) is 57.5 cm³/mol. The summed E-state index contributed by atoms with van der Waals surface area (Å²) in [6.07, 6.45) is -1.79. The van der Waals surface area contributed by atoms with Gasteiger partial charge in [0.05, 0.1) is 12.6 Å². The first-order chi connectivity index (χ1) is 7.07. The van der Waals surface area contributed by atoms with Crippen LogP contribution in [0.1, 0.15) is 23.4 Å². The summed E-state index contributed by atoms with van der Waals surface area (Å²) >= 11 is 1.35. The molecule has 0 aliphatic rings. The summed E-state index contributed by atoms with van der Waals surface area (Å²) in [6, 6.07) is 0.918. The number of hydrogen-bond acceptors (Lipinski definition) is 4. The number of esters is 1. The summed E-state index contributed by atoms with van der Waals surface area (Å²) in [5.41, 5.74) is 6.55. The van der Waals surface area contributed by atoms with Crippen LogP contribution < -0.4 is 5.73 Å².